The largest absolute Gasteiger partial charge is 0.355 e. The average Bonchev–Trinajstić information content (AvgIpc) is 2.42. The molecule has 19 heavy (non-hydrogen) atoms. The molecule has 5 nitrogen and oxygen atoms in total. The molecule has 1 heterocycles. The lowest BCUT2D eigenvalue weighted by Gasteiger charge is -2.31. The molecule has 0 aromatic rings. The van der Waals surface area contributed by atoms with Gasteiger partial charge < -0.3 is 15.5 Å². The second-order valence-electron chi connectivity index (χ2n) is 5.48. The number of carbonyl (C=O) groups excluding carboxylic acids is 2. The van der Waals surface area contributed by atoms with E-state index in [2.05, 4.69) is 10.6 Å². The van der Waals surface area contributed by atoms with E-state index in [1.165, 1.54) is 0 Å². The fourth-order valence-electron chi connectivity index (χ4n) is 2.33. The third-order valence-electron chi connectivity index (χ3n) is 3.94. The maximum atomic E-state index is 11.7. The number of nitrogens with one attached hydrogen (secondary N) is 2. The predicted molar refractivity (Wildman–Crippen MR) is 75.7 cm³/mol. The van der Waals surface area contributed by atoms with Gasteiger partial charge in [0.15, 0.2) is 0 Å². The van der Waals surface area contributed by atoms with E-state index in [1.807, 2.05) is 18.9 Å². The monoisotopic (exact) mass is 269 g/mol. The maximum Gasteiger partial charge on any atom is 0.220 e. The lowest BCUT2D eigenvalue weighted by molar-refractivity contribution is -0.130. The van der Waals surface area contributed by atoms with Crippen molar-refractivity contribution in [3.05, 3.63) is 0 Å². The van der Waals surface area contributed by atoms with Gasteiger partial charge >= 0.3 is 0 Å². The molecule has 1 aliphatic heterocycles. The van der Waals surface area contributed by atoms with Crippen LogP contribution < -0.4 is 10.6 Å². The molecule has 0 aliphatic carbocycles. The van der Waals surface area contributed by atoms with Crippen molar-refractivity contribution in [3.63, 3.8) is 0 Å². The van der Waals surface area contributed by atoms with Crippen LogP contribution in [-0.4, -0.2) is 49.4 Å². The Morgan fingerprint density at radius 3 is 2.47 bits per heavy atom. The SMILES string of the molecule is CNC(C)CNC(=O)CCC1CCN(C(C)=O)CC1. The van der Waals surface area contributed by atoms with Crippen LogP contribution in [0, 0.1) is 5.92 Å². The molecule has 2 amide bonds. The lowest BCUT2D eigenvalue weighted by Crippen LogP contribution is -2.38. The Morgan fingerprint density at radius 2 is 1.95 bits per heavy atom. The molecule has 0 aromatic carbocycles. The quantitative estimate of drug-likeness (QED) is 0.748. The molecular weight excluding hydrogens is 242 g/mol. The number of amides is 2. The molecule has 0 spiro atoms. The molecule has 110 valence electrons. The van der Waals surface area contributed by atoms with Gasteiger partial charge in [0.1, 0.15) is 0 Å². The van der Waals surface area contributed by atoms with E-state index in [-0.39, 0.29) is 11.8 Å². The van der Waals surface area contributed by atoms with E-state index >= 15 is 0 Å². The van der Waals surface area contributed by atoms with Crippen molar-refractivity contribution in [2.24, 2.45) is 5.92 Å². The highest BCUT2D eigenvalue weighted by Gasteiger charge is 2.21. The molecule has 1 saturated heterocycles. The zero-order valence-electron chi connectivity index (χ0n) is 12.4. The van der Waals surface area contributed by atoms with Gasteiger partial charge in [-0.1, -0.05) is 0 Å². The van der Waals surface area contributed by atoms with Crippen molar-refractivity contribution in [2.45, 2.75) is 45.6 Å². The third kappa shape index (κ3) is 6.05. The molecule has 1 rings (SSSR count). The summed E-state index contributed by atoms with van der Waals surface area (Å²) in [5, 5.41) is 6.02. The van der Waals surface area contributed by atoms with Gasteiger partial charge in [-0.3, -0.25) is 9.59 Å². The molecule has 1 atom stereocenters. The number of carbonyl (C=O) groups is 2. The summed E-state index contributed by atoms with van der Waals surface area (Å²) < 4.78 is 0. The Labute approximate surface area is 116 Å². The fourth-order valence-corrected chi connectivity index (χ4v) is 2.33. The Balaban J connectivity index is 2.13. The standard InChI is InChI=1S/C14H27N3O2/c1-11(15-3)10-16-14(19)5-4-13-6-8-17(9-7-13)12(2)18/h11,13,15H,4-10H2,1-3H3,(H,16,19). The summed E-state index contributed by atoms with van der Waals surface area (Å²) in [6, 6.07) is 0.308. The molecule has 5 heteroatoms. The molecule has 1 aliphatic rings. The highest BCUT2D eigenvalue weighted by Crippen LogP contribution is 2.21. The van der Waals surface area contributed by atoms with Crippen molar-refractivity contribution < 1.29 is 9.59 Å². The number of likely N-dealkylation sites (tertiary alicyclic amines) is 1. The molecular formula is C14H27N3O2. The minimum atomic E-state index is 0.135. The summed E-state index contributed by atoms with van der Waals surface area (Å²) >= 11 is 0. The minimum Gasteiger partial charge on any atom is -0.355 e. The number of piperidine rings is 1. The molecule has 0 saturated carbocycles. The van der Waals surface area contributed by atoms with Gasteiger partial charge in [0, 0.05) is 39.0 Å². The van der Waals surface area contributed by atoms with Gasteiger partial charge in [-0.2, -0.15) is 0 Å². The molecule has 0 aromatic heterocycles. The summed E-state index contributed by atoms with van der Waals surface area (Å²) in [5.41, 5.74) is 0. The van der Waals surface area contributed by atoms with Crippen LogP contribution >= 0.6 is 0 Å². The summed E-state index contributed by atoms with van der Waals surface area (Å²) in [5.74, 6) is 0.886. The number of likely N-dealkylation sites (N-methyl/N-ethyl adjacent to an activating group) is 1. The van der Waals surface area contributed by atoms with Gasteiger partial charge in [-0.05, 0) is 39.2 Å². The van der Waals surface area contributed by atoms with E-state index in [0.29, 0.717) is 24.9 Å². The average molecular weight is 269 g/mol. The van der Waals surface area contributed by atoms with Crippen LogP contribution in [0.5, 0.6) is 0 Å². The summed E-state index contributed by atoms with van der Waals surface area (Å²) in [7, 11) is 1.89. The normalized spacial score (nSPS) is 18.2. The van der Waals surface area contributed by atoms with Crippen LogP contribution in [0.3, 0.4) is 0 Å². The van der Waals surface area contributed by atoms with Gasteiger partial charge in [-0.25, -0.2) is 0 Å². The Hall–Kier alpha value is -1.10. The van der Waals surface area contributed by atoms with Gasteiger partial charge in [-0.15, -0.1) is 0 Å². The lowest BCUT2D eigenvalue weighted by atomic mass is 9.92. The van der Waals surface area contributed by atoms with E-state index < -0.39 is 0 Å². The number of hydrogen-bond acceptors (Lipinski definition) is 3. The number of rotatable bonds is 6. The molecule has 0 bridgehead atoms. The predicted octanol–water partition coefficient (Wildman–Crippen LogP) is 0.749. The zero-order valence-corrected chi connectivity index (χ0v) is 12.4. The third-order valence-corrected chi connectivity index (χ3v) is 3.94. The molecule has 1 unspecified atom stereocenters. The van der Waals surface area contributed by atoms with Gasteiger partial charge in [0.2, 0.25) is 11.8 Å². The Bertz CT molecular complexity index is 299. The van der Waals surface area contributed by atoms with Crippen molar-refractivity contribution >= 4 is 11.8 Å². The maximum absolute atomic E-state index is 11.7. The first-order chi connectivity index (χ1) is 9.02. The first kappa shape index (κ1) is 16.0. The van der Waals surface area contributed by atoms with Crippen LogP contribution in [0.15, 0.2) is 0 Å². The van der Waals surface area contributed by atoms with Crippen LogP contribution in [0.25, 0.3) is 0 Å². The smallest absolute Gasteiger partial charge is 0.220 e. The minimum absolute atomic E-state index is 0.135. The van der Waals surface area contributed by atoms with E-state index in [0.717, 1.165) is 32.4 Å². The first-order valence-electron chi connectivity index (χ1n) is 7.22. The topological polar surface area (TPSA) is 61.4 Å². The first-order valence-corrected chi connectivity index (χ1v) is 7.22. The second kappa shape index (κ2) is 8.15. The van der Waals surface area contributed by atoms with Crippen molar-refractivity contribution in [3.8, 4) is 0 Å². The van der Waals surface area contributed by atoms with E-state index in [9.17, 15) is 9.59 Å². The highest BCUT2D eigenvalue weighted by molar-refractivity contribution is 5.75. The van der Waals surface area contributed by atoms with Crippen molar-refractivity contribution in [1.82, 2.24) is 15.5 Å². The fraction of sp³-hybridized carbons (Fsp3) is 0.857. The Kier molecular flexibility index (Phi) is 6.84. The summed E-state index contributed by atoms with van der Waals surface area (Å²) in [6.45, 7) is 6.03. The summed E-state index contributed by atoms with van der Waals surface area (Å²) in [6.07, 6.45) is 3.59. The highest BCUT2D eigenvalue weighted by atomic mass is 16.2. The summed E-state index contributed by atoms with van der Waals surface area (Å²) in [4.78, 5) is 24.8. The van der Waals surface area contributed by atoms with Gasteiger partial charge in [0.25, 0.3) is 0 Å². The molecule has 0 radical (unpaired) electrons. The number of hydrogen-bond donors (Lipinski definition) is 2. The van der Waals surface area contributed by atoms with Crippen molar-refractivity contribution in [1.29, 1.82) is 0 Å². The molecule has 2 N–H and O–H groups in total. The second-order valence-corrected chi connectivity index (χ2v) is 5.48. The molecule has 1 fully saturated rings. The van der Waals surface area contributed by atoms with E-state index in [1.54, 1.807) is 6.92 Å². The Morgan fingerprint density at radius 1 is 1.32 bits per heavy atom. The van der Waals surface area contributed by atoms with E-state index in [4.69, 9.17) is 0 Å². The van der Waals surface area contributed by atoms with Crippen LogP contribution in [0.4, 0.5) is 0 Å². The van der Waals surface area contributed by atoms with Crippen LogP contribution in [0.2, 0.25) is 0 Å². The van der Waals surface area contributed by atoms with Crippen molar-refractivity contribution in [2.75, 3.05) is 26.7 Å². The van der Waals surface area contributed by atoms with Gasteiger partial charge in [0.05, 0.1) is 0 Å². The zero-order chi connectivity index (χ0) is 14.3. The van der Waals surface area contributed by atoms with Crippen LogP contribution in [-0.2, 0) is 9.59 Å². The van der Waals surface area contributed by atoms with Crippen LogP contribution in [0.1, 0.15) is 39.5 Å². The number of nitrogens with zero attached hydrogens (tertiary/aromatic N) is 1.